The predicted molar refractivity (Wildman–Crippen MR) is 121 cm³/mol. The topological polar surface area (TPSA) is 83.9 Å². The van der Waals surface area contributed by atoms with Gasteiger partial charge in [-0.1, -0.05) is 36.4 Å². The maximum Gasteiger partial charge on any atom is 0.321 e. The first-order valence-electron chi connectivity index (χ1n) is 10.7. The number of piperazine rings is 1. The van der Waals surface area contributed by atoms with Crippen molar-refractivity contribution in [2.24, 2.45) is 0 Å². The number of amides is 3. The number of urea groups is 1. The molecule has 8 heteroatoms. The molecule has 4 rings (SSSR count). The summed E-state index contributed by atoms with van der Waals surface area (Å²) in [7, 11) is 0. The third kappa shape index (κ3) is 5.26. The lowest BCUT2D eigenvalue weighted by Crippen LogP contribution is -2.52. The van der Waals surface area contributed by atoms with E-state index in [2.05, 4.69) is 5.32 Å². The number of ether oxygens (including phenoxy) is 1. The van der Waals surface area contributed by atoms with Gasteiger partial charge in [0.25, 0.3) is 5.91 Å². The summed E-state index contributed by atoms with van der Waals surface area (Å²) in [5, 5.41) is 3.96. The normalized spacial score (nSPS) is 13.8. The van der Waals surface area contributed by atoms with Gasteiger partial charge in [-0.05, 0) is 29.7 Å². The Balaban J connectivity index is 1.17. The molecule has 166 valence electrons. The van der Waals surface area contributed by atoms with Crippen LogP contribution in [0.15, 0.2) is 66.9 Å². The van der Waals surface area contributed by atoms with E-state index >= 15 is 0 Å². The number of para-hydroxylation sites is 2. The van der Waals surface area contributed by atoms with Crippen LogP contribution in [0.25, 0.3) is 10.9 Å². The van der Waals surface area contributed by atoms with E-state index in [-0.39, 0.29) is 25.0 Å². The van der Waals surface area contributed by atoms with Crippen molar-refractivity contribution >= 4 is 34.5 Å². The number of rotatable bonds is 6. The summed E-state index contributed by atoms with van der Waals surface area (Å²) >= 11 is 0. The fraction of sp³-hybridized carbons (Fsp3) is 0.292. The molecule has 8 nitrogen and oxygen atoms in total. The summed E-state index contributed by atoms with van der Waals surface area (Å²) in [6.07, 6.45) is 2.13. The molecule has 2 aromatic carbocycles. The first-order chi connectivity index (χ1) is 15.6. The van der Waals surface area contributed by atoms with Crippen molar-refractivity contribution in [3.05, 3.63) is 66.9 Å². The van der Waals surface area contributed by atoms with Crippen molar-refractivity contribution in [2.45, 2.75) is 13.0 Å². The second-order valence-corrected chi connectivity index (χ2v) is 7.64. The summed E-state index contributed by atoms with van der Waals surface area (Å²) in [5.74, 6) is -0.648. The highest BCUT2D eigenvalue weighted by molar-refractivity contribution is 5.89. The maximum absolute atomic E-state index is 12.4. The molecule has 1 saturated heterocycles. The van der Waals surface area contributed by atoms with Gasteiger partial charge in [-0.15, -0.1) is 0 Å². The Morgan fingerprint density at radius 1 is 0.844 bits per heavy atom. The average molecular weight is 434 g/mol. The average Bonchev–Trinajstić information content (AvgIpc) is 3.25. The van der Waals surface area contributed by atoms with Crippen LogP contribution in [0, 0.1) is 0 Å². The highest BCUT2D eigenvalue weighted by Crippen LogP contribution is 2.15. The molecule has 1 fully saturated rings. The molecule has 0 spiro atoms. The van der Waals surface area contributed by atoms with Gasteiger partial charge in [-0.2, -0.15) is 0 Å². The minimum absolute atomic E-state index is 0.188. The van der Waals surface area contributed by atoms with Crippen LogP contribution in [-0.2, 0) is 20.9 Å². The quantitative estimate of drug-likeness (QED) is 0.605. The van der Waals surface area contributed by atoms with E-state index in [0.717, 1.165) is 16.6 Å². The van der Waals surface area contributed by atoms with Gasteiger partial charge in [0, 0.05) is 50.1 Å². The molecule has 1 aliphatic rings. The second-order valence-electron chi connectivity index (χ2n) is 7.64. The van der Waals surface area contributed by atoms with E-state index in [1.807, 2.05) is 71.4 Å². The first-order valence-corrected chi connectivity index (χ1v) is 10.7. The fourth-order valence-corrected chi connectivity index (χ4v) is 3.74. The van der Waals surface area contributed by atoms with Crippen molar-refractivity contribution in [2.75, 3.05) is 38.1 Å². The van der Waals surface area contributed by atoms with Gasteiger partial charge < -0.3 is 24.4 Å². The second kappa shape index (κ2) is 10.00. The van der Waals surface area contributed by atoms with Gasteiger partial charge in [0.05, 0.1) is 6.42 Å². The molecule has 0 atom stereocenters. The molecule has 0 radical (unpaired) electrons. The van der Waals surface area contributed by atoms with Crippen LogP contribution in [0.3, 0.4) is 0 Å². The smallest absolute Gasteiger partial charge is 0.321 e. The van der Waals surface area contributed by atoms with Crippen LogP contribution in [0.5, 0.6) is 0 Å². The predicted octanol–water partition coefficient (Wildman–Crippen LogP) is 2.95. The molecular weight excluding hydrogens is 408 g/mol. The molecule has 0 saturated carbocycles. The van der Waals surface area contributed by atoms with Gasteiger partial charge in [0.2, 0.25) is 0 Å². The molecule has 0 bridgehead atoms. The van der Waals surface area contributed by atoms with E-state index in [9.17, 15) is 14.4 Å². The largest absolute Gasteiger partial charge is 0.456 e. The zero-order valence-electron chi connectivity index (χ0n) is 17.8. The summed E-state index contributed by atoms with van der Waals surface area (Å²) < 4.78 is 7.18. The summed E-state index contributed by atoms with van der Waals surface area (Å²) in [6, 6.07) is 19.0. The summed E-state index contributed by atoms with van der Waals surface area (Å²) in [6.45, 7) is 1.90. The number of esters is 1. The Morgan fingerprint density at radius 3 is 2.31 bits per heavy atom. The lowest BCUT2D eigenvalue weighted by atomic mass is 10.2. The van der Waals surface area contributed by atoms with Crippen LogP contribution in [-0.4, -0.2) is 65.1 Å². The van der Waals surface area contributed by atoms with Gasteiger partial charge >= 0.3 is 12.0 Å². The number of anilines is 1. The molecule has 32 heavy (non-hydrogen) atoms. The van der Waals surface area contributed by atoms with E-state index in [1.165, 1.54) is 0 Å². The van der Waals surface area contributed by atoms with E-state index in [1.54, 1.807) is 9.80 Å². The fourth-order valence-electron chi connectivity index (χ4n) is 3.74. The molecule has 1 aromatic heterocycles. The van der Waals surface area contributed by atoms with Gasteiger partial charge in [0.1, 0.15) is 0 Å². The Labute approximate surface area is 186 Å². The number of nitrogens with zero attached hydrogens (tertiary/aromatic N) is 3. The highest BCUT2D eigenvalue weighted by Gasteiger charge is 2.24. The monoisotopic (exact) mass is 434 g/mol. The minimum atomic E-state index is -0.406. The standard InChI is InChI=1S/C24H26N4O4/c29-22(18-32-23(30)11-13-26-12-10-19-6-4-5-9-21(19)26)27-14-16-28(17-15-27)24(31)25-20-7-2-1-3-8-20/h1-10,12H,11,13-18H2,(H,25,31). The number of carbonyl (C=O) groups is 3. The first kappa shape index (κ1) is 21.4. The van der Waals surface area contributed by atoms with E-state index < -0.39 is 5.97 Å². The number of carbonyl (C=O) groups excluding carboxylic acids is 3. The number of fused-ring (bicyclic) bond motifs is 1. The van der Waals surface area contributed by atoms with Crippen molar-refractivity contribution < 1.29 is 19.1 Å². The van der Waals surface area contributed by atoms with E-state index in [4.69, 9.17) is 4.74 Å². The van der Waals surface area contributed by atoms with Crippen molar-refractivity contribution in [1.29, 1.82) is 0 Å². The van der Waals surface area contributed by atoms with Crippen LogP contribution >= 0.6 is 0 Å². The third-order valence-corrected chi connectivity index (χ3v) is 5.54. The number of aryl methyl sites for hydroxylation is 1. The lowest BCUT2D eigenvalue weighted by Gasteiger charge is -2.34. The number of aromatic nitrogens is 1. The highest BCUT2D eigenvalue weighted by atomic mass is 16.5. The number of benzene rings is 2. The van der Waals surface area contributed by atoms with Gasteiger partial charge in [-0.25, -0.2) is 4.79 Å². The maximum atomic E-state index is 12.4. The van der Waals surface area contributed by atoms with Crippen LogP contribution in [0.1, 0.15) is 6.42 Å². The van der Waals surface area contributed by atoms with Crippen molar-refractivity contribution in [3.63, 3.8) is 0 Å². The Kier molecular flexibility index (Phi) is 6.69. The molecule has 3 aromatic rings. The minimum Gasteiger partial charge on any atom is -0.456 e. The zero-order chi connectivity index (χ0) is 22.3. The number of hydrogen-bond donors (Lipinski definition) is 1. The Bertz CT molecular complexity index is 1090. The van der Waals surface area contributed by atoms with Crippen LogP contribution < -0.4 is 5.32 Å². The number of hydrogen-bond acceptors (Lipinski definition) is 4. The Hall–Kier alpha value is -3.81. The lowest BCUT2D eigenvalue weighted by molar-refractivity contribution is -0.152. The van der Waals surface area contributed by atoms with Gasteiger partial charge in [-0.3, -0.25) is 9.59 Å². The SMILES string of the molecule is O=C(CCn1ccc2ccccc21)OCC(=O)N1CCN(C(=O)Nc2ccccc2)CC1. The van der Waals surface area contributed by atoms with Gasteiger partial charge in [0.15, 0.2) is 6.61 Å². The van der Waals surface area contributed by atoms with E-state index in [0.29, 0.717) is 32.7 Å². The number of nitrogens with one attached hydrogen (secondary N) is 1. The van der Waals surface area contributed by atoms with Crippen molar-refractivity contribution in [3.8, 4) is 0 Å². The Morgan fingerprint density at radius 2 is 1.53 bits per heavy atom. The van der Waals surface area contributed by atoms with Crippen LogP contribution in [0.2, 0.25) is 0 Å². The van der Waals surface area contributed by atoms with Crippen LogP contribution in [0.4, 0.5) is 10.5 Å². The molecule has 1 aliphatic heterocycles. The summed E-state index contributed by atoms with van der Waals surface area (Å²) in [4.78, 5) is 40.2. The third-order valence-electron chi connectivity index (χ3n) is 5.54. The molecular formula is C24H26N4O4. The molecule has 0 aliphatic carbocycles. The van der Waals surface area contributed by atoms with Crippen molar-refractivity contribution in [1.82, 2.24) is 14.4 Å². The molecule has 2 heterocycles. The summed E-state index contributed by atoms with van der Waals surface area (Å²) in [5.41, 5.74) is 1.79. The molecule has 0 unspecified atom stereocenters. The molecule has 3 amide bonds. The molecule has 1 N–H and O–H groups in total. The zero-order valence-corrected chi connectivity index (χ0v) is 17.8.